The van der Waals surface area contributed by atoms with Gasteiger partial charge < -0.3 is 10.4 Å². The number of benzene rings is 1. The number of rotatable bonds is 1. The molecule has 2 aromatic rings. The lowest BCUT2D eigenvalue weighted by atomic mass is 10.2. The van der Waals surface area contributed by atoms with E-state index in [2.05, 4.69) is 5.32 Å². The standard InChI is InChI=1S/C10H9NO2S/c1-6(12)11-10-4-7-2-3-8(13)5-9(7)14-10/h2-5,13H,1H3,(H,11,12). The molecule has 1 heterocycles. The molecule has 2 rings (SSSR count). The van der Waals surface area contributed by atoms with E-state index in [0.29, 0.717) is 0 Å². The van der Waals surface area contributed by atoms with Gasteiger partial charge in [0.25, 0.3) is 0 Å². The predicted molar refractivity (Wildman–Crippen MR) is 57.8 cm³/mol. The maximum Gasteiger partial charge on any atom is 0.221 e. The summed E-state index contributed by atoms with van der Waals surface area (Å²) in [7, 11) is 0. The number of hydrogen-bond donors (Lipinski definition) is 2. The van der Waals surface area contributed by atoms with Crippen molar-refractivity contribution >= 4 is 32.3 Å². The van der Waals surface area contributed by atoms with E-state index in [4.69, 9.17) is 0 Å². The summed E-state index contributed by atoms with van der Waals surface area (Å²) in [5.74, 6) is 0.162. The van der Waals surface area contributed by atoms with Gasteiger partial charge in [0.15, 0.2) is 0 Å². The minimum absolute atomic E-state index is 0.0826. The van der Waals surface area contributed by atoms with Crippen molar-refractivity contribution in [2.24, 2.45) is 0 Å². The molecule has 2 N–H and O–H groups in total. The van der Waals surface area contributed by atoms with Crippen molar-refractivity contribution in [3.8, 4) is 5.75 Å². The molecule has 0 fully saturated rings. The number of carbonyl (C=O) groups excluding carboxylic acids is 1. The molecule has 0 aliphatic rings. The third-order valence-corrected chi connectivity index (χ3v) is 2.82. The highest BCUT2D eigenvalue weighted by molar-refractivity contribution is 7.23. The van der Waals surface area contributed by atoms with Gasteiger partial charge in [-0.15, -0.1) is 11.3 Å². The Hall–Kier alpha value is -1.55. The summed E-state index contributed by atoms with van der Waals surface area (Å²) in [6.07, 6.45) is 0. The van der Waals surface area contributed by atoms with Crippen LogP contribution in [0.2, 0.25) is 0 Å². The molecule has 0 saturated carbocycles. The molecule has 1 aromatic carbocycles. The van der Waals surface area contributed by atoms with Crippen LogP contribution in [0.5, 0.6) is 5.75 Å². The number of phenolic OH excluding ortho intramolecular Hbond substituents is 1. The van der Waals surface area contributed by atoms with E-state index in [-0.39, 0.29) is 11.7 Å². The van der Waals surface area contributed by atoms with Crippen LogP contribution >= 0.6 is 11.3 Å². The van der Waals surface area contributed by atoms with Gasteiger partial charge in [-0.05, 0) is 29.7 Å². The number of phenols is 1. The Labute approximate surface area is 85.0 Å². The van der Waals surface area contributed by atoms with Crippen LogP contribution in [0, 0.1) is 0 Å². The normalized spacial score (nSPS) is 10.4. The summed E-state index contributed by atoms with van der Waals surface area (Å²) in [5.41, 5.74) is 0. The van der Waals surface area contributed by atoms with E-state index in [9.17, 15) is 9.90 Å². The highest BCUT2D eigenvalue weighted by Gasteiger charge is 2.03. The molecule has 0 unspecified atom stereocenters. The number of fused-ring (bicyclic) bond motifs is 1. The van der Waals surface area contributed by atoms with E-state index >= 15 is 0 Å². The van der Waals surface area contributed by atoms with Crippen molar-refractivity contribution in [1.82, 2.24) is 0 Å². The van der Waals surface area contributed by atoms with Crippen molar-refractivity contribution in [2.45, 2.75) is 6.92 Å². The lowest BCUT2D eigenvalue weighted by Gasteiger charge is -1.92. The highest BCUT2D eigenvalue weighted by Crippen LogP contribution is 2.31. The van der Waals surface area contributed by atoms with E-state index in [1.165, 1.54) is 18.3 Å². The summed E-state index contributed by atoms with van der Waals surface area (Å²) in [6.45, 7) is 1.47. The Morgan fingerprint density at radius 1 is 1.43 bits per heavy atom. The Bertz CT molecular complexity index is 490. The Morgan fingerprint density at radius 3 is 2.93 bits per heavy atom. The zero-order valence-corrected chi connectivity index (χ0v) is 8.39. The monoisotopic (exact) mass is 207 g/mol. The molecule has 0 aliphatic carbocycles. The first-order chi connectivity index (χ1) is 6.65. The Balaban J connectivity index is 2.46. The molecule has 4 heteroatoms. The molecule has 3 nitrogen and oxygen atoms in total. The molecule has 0 radical (unpaired) electrons. The quantitative estimate of drug-likeness (QED) is 0.755. The number of carbonyl (C=O) groups is 1. The fourth-order valence-corrected chi connectivity index (χ4v) is 2.30. The second-order valence-corrected chi connectivity index (χ2v) is 4.10. The topological polar surface area (TPSA) is 49.3 Å². The average molecular weight is 207 g/mol. The summed E-state index contributed by atoms with van der Waals surface area (Å²) in [4.78, 5) is 10.8. The molecule has 0 aliphatic heterocycles. The Kier molecular flexibility index (Phi) is 2.13. The molecule has 0 spiro atoms. The zero-order chi connectivity index (χ0) is 10.1. The summed E-state index contributed by atoms with van der Waals surface area (Å²) < 4.78 is 0.966. The van der Waals surface area contributed by atoms with E-state index < -0.39 is 0 Å². The van der Waals surface area contributed by atoms with Crippen LogP contribution in [0.1, 0.15) is 6.92 Å². The van der Waals surface area contributed by atoms with Gasteiger partial charge in [0.1, 0.15) is 5.75 Å². The third-order valence-electron chi connectivity index (χ3n) is 1.80. The fraction of sp³-hybridized carbons (Fsp3) is 0.100. The van der Waals surface area contributed by atoms with Gasteiger partial charge in [-0.25, -0.2) is 0 Å². The van der Waals surface area contributed by atoms with Gasteiger partial charge in [-0.3, -0.25) is 4.79 Å². The van der Waals surface area contributed by atoms with Crippen LogP contribution in [0.25, 0.3) is 10.1 Å². The van der Waals surface area contributed by atoms with Gasteiger partial charge >= 0.3 is 0 Å². The smallest absolute Gasteiger partial charge is 0.221 e. The van der Waals surface area contributed by atoms with Gasteiger partial charge in [-0.2, -0.15) is 0 Å². The van der Waals surface area contributed by atoms with Gasteiger partial charge in [0.05, 0.1) is 5.00 Å². The van der Waals surface area contributed by atoms with E-state index in [1.54, 1.807) is 12.1 Å². The van der Waals surface area contributed by atoms with E-state index in [0.717, 1.165) is 15.1 Å². The third kappa shape index (κ3) is 1.70. The second-order valence-electron chi connectivity index (χ2n) is 3.01. The SMILES string of the molecule is CC(=O)Nc1cc2ccc(O)cc2s1. The molecule has 0 saturated heterocycles. The van der Waals surface area contributed by atoms with Crippen LogP contribution in [0.15, 0.2) is 24.3 Å². The molecular formula is C10H9NO2S. The van der Waals surface area contributed by atoms with Crippen molar-refractivity contribution in [1.29, 1.82) is 0 Å². The maximum absolute atomic E-state index is 10.8. The molecule has 72 valence electrons. The summed E-state index contributed by atoms with van der Waals surface area (Å²) >= 11 is 1.45. The van der Waals surface area contributed by atoms with Crippen LogP contribution in [-0.2, 0) is 4.79 Å². The van der Waals surface area contributed by atoms with Crippen LogP contribution < -0.4 is 5.32 Å². The van der Waals surface area contributed by atoms with Gasteiger partial charge in [-0.1, -0.05) is 0 Å². The van der Waals surface area contributed by atoms with Crippen LogP contribution in [0.3, 0.4) is 0 Å². The molecular weight excluding hydrogens is 198 g/mol. The number of hydrogen-bond acceptors (Lipinski definition) is 3. The first-order valence-corrected chi connectivity index (χ1v) is 4.97. The maximum atomic E-state index is 10.8. The molecule has 0 atom stereocenters. The number of aromatic hydroxyl groups is 1. The average Bonchev–Trinajstić information content (AvgIpc) is 2.44. The fourth-order valence-electron chi connectivity index (χ4n) is 1.25. The van der Waals surface area contributed by atoms with Crippen LogP contribution in [0.4, 0.5) is 5.00 Å². The van der Waals surface area contributed by atoms with E-state index in [1.807, 2.05) is 12.1 Å². The minimum Gasteiger partial charge on any atom is -0.508 e. The van der Waals surface area contributed by atoms with Crippen LogP contribution in [-0.4, -0.2) is 11.0 Å². The van der Waals surface area contributed by atoms with Crippen molar-refractivity contribution < 1.29 is 9.90 Å². The van der Waals surface area contributed by atoms with Crippen molar-refractivity contribution in [3.63, 3.8) is 0 Å². The highest BCUT2D eigenvalue weighted by atomic mass is 32.1. The number of amides is 1. The lowest BCUT2D eigenvalue weighted by Crippen LogP contribution is -2.03. The predicted octanol–water partition coefficient (Wildman–Crippen LogP) is 2.57. The number of thiophene rings is 1. The lowest BCUT2D eigenvalue weighted by molar-refractivity contribution is -0.114. The largest absolute Gasteiger partial charge is 0.508 e. The molecule has 1 amide bonds. The van der Waals surface area contributed by atoms with Gasteiger partial charge in [0.2, 0.25) is 5.91 Å². The molecule has 14 heavy (non-hydrogen) atoms. The Morgan fingerprint density at radius 2 is 2.21 bits per heavy atom. The molecule has 0 bridgehead atoms. The summed E-state index contributed by atoms with van der Waals surface area (Å²) in [5, 5.41) is 13.8. The zero-order valence-electron chi connectivity index (χ0n) is 7.57. The van der Waals surface area contributed by atoms with Crippen molar-refractivity contribution in [3.05, 3.63) is 24.3 Å². The van der Waals surface area contributed by atoms with Crippen molar-refractivity contribution in [2.75, 3.05) is 5.32 Å². The van der Waals surface area contributed by atoms with Gasteiger partial charge in [0, 0.05) is 11.6 Å². The first-order valence-electron chi connectivity index (χ1n) is 4.15. The second kappa shape index (κ2) is 3.31. The minimum atomic E-state index is -0.0826. The first kappa shape index (κ1) is 9.02. The number of anilines is 1. The molecule has 1 aromatic heterocycles. The number of nitrogens with one attached hydrogen (secondary N) is 1. The summed E-state index contributed by atoms with van der Waals surface area (Å²) in [6, 6.07) is 7.03.